The number of nitrogens with zero attached hydrogens (tertiary/aromatic N) is 1. The molecule has 0 saturated carbocycles. The van der Waals surface area contributed by atoms with Crippen molar-refractivity contribution in [2.45, 2.75) is 13.5 Å². The zero-order chi connectivity index (χ0) is 9.42. The van der Waals surface area contributed by atoms with Gasteiger partial charge in [0.2, 0.25) is 0 Å². The van der Waals surface area contributed by atoms with Gasteiger partial charge in [-0.1, -0.05) is 11.6 Å². The molecule has 2 heteroatoms. The lowest BCUT2D eigenvalue weighted by molar-refractivity contribution is 0.273. The molecule has 0 atom stereocenters. The fourth-order valence-corrected chi connectivity index (χ4v) is 1.68. The molecular formula is C11H13NO. The molecule has 1 aromatic carbocycles. The van der Waals surface area contributed by atoms with Crippen molar-refractivity contribution in [1.29, 1.82) is 0 Å². The van der Waals surface area contributed by atoms with E-state index in [1.807, 2.05) is 17.7 Å². The number of aromatic nitrogens is 1. The van der Waals surface area contributed by atoms with Crippen molar-refractivity contribution >= 4 is 10.9 Å². The van der Waals surface area contributed by atoms with Crippen molar-refractivity contribution in [3.05, 3.63) is 35.5 Å². The fourth-order valence-electron chi connectivity index (χ4n) is 1.68. The molecule has 2 aromatic rings. The molecule has 0 aliphatic rings. The Morgan fingerprint density at radius 3 is 2.77 bits per heavy atom. The smallest absolute Gasteiger partial charge is 0.0833 e. The maximum Gasteiger partial charge on any atom is 0.0833 e. The molecule has 68 valence electrons. The fraction of sp³-hybridized carbons (Fsp3) is 0.273. The van der Waals surface area contributed by atoms with E-state index in [9.17, 15) is 0 Å². The van der Waals surface area contributed by atoms with Gasteiger partial charge in [-0.2, -0.15) is 0 Å². The number of benzene rings is 1. The average molecular weight is 175 g/mol. The molecule has 0 bridgehead atoms. The van der Waals surface area contributed by atoms with Crippen molar-refractivity contribution in [3.8, 4) is 0 Å². The lowest BCUT2D eigenvalue weighted by Crippen LogP contribution is -1.94. The topological polar surface area (TPSA) is 25.2 Å². The van der Waals surface area contributed by atoms with E-state index in [0.717, 1.165) is 5.69 Å². The summed E-state index contributed by atoms with van der Waals surface area (Å²) in [4.78, 5) is 0. The third-order valence-corrected chi connectivity index (χ3v) is 2.46. The van der Waals surface area contributed by atoms with Gasteiger partial charge in [0, 0.05) is 23.6 Å². The minimum atomic E-state index is 0.101. The molecule has 0 amide bonds. The van der Waals surface area contributed by atoms with E-state index < -0.39 is 0 Å². The highest BCUT2D eigenvalue weighted by molar-refractivity contribution is 5.81. The summed E-state index contributed by atoms with van der Waals surface area (Å²) in [5.74, 6) is 0. The normalized spacial score (nSPS) is 11.0. The molecule has 2 rings (SSSR count). The van der Waals surface area contributed by atoms with Crippen LogP contribution in [0.1, 0.15) is 11.3 Å². The van der Waals surface area contributed by atoms with Crippen LogP contribution in [0.15, 0.2) is 24.3 Å². The van der Waals surface area contributed by atoms with Crippen LogP contribution in [0.25, 0.3) is 10.9 Å². The number of hydrogen-bond acceptors (Lipinski definition) is 1. The second kappa shape index (κ2) is 2.89. The summed E-state index contributed by atoms with van der Waals surface area (Å²) in [6, 6.07) is 8.34. The van der Waals surface area contributed by atoms with Crippen molar-refractivity contribution in [2.75, 3.05) is 0 Å². The maximum atomic E-state index is 9.07. The molecule has 1 N–H and O–H groups in total. The Bertz CT molecular complexity index is 443. The molecule has 2 nitrogen and oxygen atoms in total. The van der Waals surface area contributed by atoms with E-state index >= 15 is 0 Å². The van der Waals surface area contributed by atoms with E-state index in [2.05, 4.69) is 25.1 Å². The standard InChI is InChI=1S/C11H13NO/c1-8-3-4-11-9(5-8)6-10(7-13)12(11)2/h3-6,13H,7H2,1-2H3. The highest BCUT2D eigenvalue weighted by atomic mass is 16.3. The van der Waals surface area contributed by atoms with E-state index in [-0.39, 0.29) is 6.61 Å². The van der Waals surface area contributed by atoms with E-state index in [0.29, 0.717) is 0 Å². The maximum absolute atomic E-state index is 9.07. The van der Waals surface area contributed by atoms with Crippen LogP contribution in [-0.2, 0) is 13.7 Å². The molecule has 0 unspecified atom stereocenters. The van der Waals surface area contributed by atoms with Gasteiger partial charge in [0.25, 0.3) is 0 Å². The van der Waals surface area contributed by atoms with Gasteiger partial charge in [0.15, 0.2) is 0 Å². The lowest BCUT2D eigenvalue weighted by Gasteiger charge is -1.99. The number of fused-ring (bicyclic) bond motifs is 1. The number of aliphatic hydroxyl groups excluding tert-OH is 1. The van der Waals surface area contributed by atoms with Crippen LogP contribution in [0.2, 0.25) is 0 Å². The predicted molar refractivity (Wildman–Crippen MR) is 53.6 cm³/mol. The monoisotopic (exact) mass is 175 g/mol. The third-order valence-electron chi connectivity index (χ3n) is 2.46. The molecule has 0 spiro atoms. The minimum absolute atomic E-state index is 0.101. The van der Waals surface area contributed by atoms with Gasteiger partial charge in [-0.25, -0.2) is 0 Å². The molecule has 0 aliphatic carbocycles. The summed E-state index contributed by atoms with van der Waals surface area (Å²) in [5.41, 5.74) is 3.39. The van der Waals surface area contributed by atoms with Gasteiger partial charge in [-0.3, -0.25) is 0 Å². The first kappa shape index (κ1) is 8.32. The highest BCUT2D eigenvalue weighted by Crippen LogP contribution is 2.19. The molecule has 1 heterocycles. The Morgan fingerprint density at radius 1 is 1.31 bits per heavy atom. The summed E-state index contributed by atoms with van der Waals surface area (Å²) < 4.78 is 2.02. The van der Waals surface area contributed by atoms with Gasteiger partial charge in [-0.15, -0.1) is 0 Å². The van der Waals surface area contributed by atoms with Crippen LogP contribution in [0, 0.1) is 6.92 Å². The van der Waals surface area contributed by atoms with E-state index in [1.165, 1.54) is 16.5 Å². The Kier molecular flexibility index (Phi) is 1.85. The van der Waals surface area contributed by atoms with Crippen molar-refractivity contribution < 1.29 is 5.11 Å². The Morgan fingerprint density at radius 2 is 2.08 bits per heavy atom. The van der Waals surface area contributed by atoms with Crippen molar-refractivity contribution in [1.82, 2.24) is 4.57 Å². The lowest BCUT2D eigenvalue weighted by atomic mass is 10.2. The van der Waals surface area contributed by atoms with E-state index in [1.54, 1.807) is 0 Å². The summed E-state index contributed by atoms with van der Waals surface area (Å²) >= 11 is 0. The Labute approximate surface area is 77.4 Å². The van der Waals surface area contributed by atoms with E-state index in [4.69, 9.17) is 5.11 Å². The zero-order valence-corrected chi connectivity index (χ0v) is 7.91. The molecule has 0 radical (unpaired) electrons. The van der Waals surface area contributed by atoms with Gasteiger partial charge in [-0.05, 0) is 25.1 Å². The quantitative estimate of drug-likeness (QED) is 0.704. The molecule has 0 saturated heterocycles. The van der Waals surface area contributed by atoms with Crippen LogP contribution in [-0.4, -0.2) is 9.67 Å². The SMILES string of the molecule is Cc1ccc2c(c1)cc(CO)n2C. The molecule has 13 heavy (non-hydrogen) atoms. The van der Waals surface area contributed by atoms with Crippen LogP contribution in [0.3, 0.4) is 0 Å². The third kappa shape index (κ3) is 1.23. The van der Waals surface area contributed by atoms with Crippen molar-refractivity contribution in [3.63, 3.8) is 0 Å². The summed E-state index contributed by atoms with van der Waals surface area (Å²) in [6.07, 6.45) is 0. The molecular weight excluding hydrogens is 162 g/mol. The molecule has 0 aliphatic heterocycles. The minimum Gasteiger partial charge on any atom is -0.390 e. The first-order chi connectivity index (χ1) is 6.22. The highest BCUT2D eigenvalue weighted by Gasteiger charge is 2.03. The first-order valence-corrected chi connectivity index (χ1v) is 4.38. The summed E-state index contributed by atoms with van der Waals surface area (Å²) in [5, 5.41) is 10.3. The first-order valence-electron chi connectivity index (χ1n) is 4.38. The molecule has 0 fully saturated rings. The zero-order valence-electron chi connectivity index (χ0n) is 7.91. The van der Waals surface area contributed by atoms with Gasteiger partial charge in [0.1, 0.15) is 0 Å². The van der Waals surface area contributed by atoms with Crippen LogP contribution < -0.4 is 0 Å². The number of hydrogen-bond donors (Lipinski definition) is 1. The van der Waals surface area contributed by atoms with Crippen molar-refractivity contribution in [2.24, 2.45) is 7.05 Å². The van der Waals surface area contributed by atoms with Gasteiger partial charge < -0.3 is 9.67 Å². The second-order valence-electron chi connectivity index (χ2n) is 3.42. The number of aliphatic hydroxyl groups is 1. The van der Waals surface area contributed by atoms with Crippen LogP contribution in [0.4, 0.5) is 0 Å². The second-order valence-corrected chi connectivity index (χ2v) is 3.42. The Hall–Kier alpha value is -1.28. The Balaban J connectivity index is 2.76. The summed E-state index contributed by atoms with van der Waals surface area (Å²) in [6.45, 7) is 2.18. The largest absolute Gasteiger partial charge is 0.390 e. The summed E-state index contributed by atoms with van der Waals surface area (Å²) in [7, 11) is 1.98. The van der Waals surface area contributed by atoms with Crippen LogP contribution in [0.5, 0.6) is 0 Å². The number of aryl methyl sites for hydroxylation is 2. The molecule has 1 aromatic heterocycles. The predicted octanol–water partition coefficient (Wildman–Crippen LogP) is 1.98. The van der Waals surface area contributed by atoms with Crippen LogP contribution >= 0.6 is 0 Å². The number of rotatable bonds is 1. The van der Waals surface area contributed by atoms with Gasteiger partial charge in [0.05, 0.1) is 6.61 Å². The van der Waals surface area contributed by atoms with Gasteiger partial charge >= 0.3 is 0 Å². The average Bonchev–Trinajstić information content (AvgIpc) is 2.42.